The quantitative estimate of drug-likeness (QED) is 0.285. The fourth-order valence-electron chi connectivity index (χ4n) is 6.17. The molecule has 0 spiro atoms. The Hall–Kier alpha value is -3.86. The van der Waals surface area contributed by atoms with Crippen LogP contribution < -0.4 is 11.5 Å². The van der Waals surface area contributed by atoms with Crippen LogP contribution in [0.2, 0.25) is 0 Å². The first kappa shape index (κ1) is 28.7. The summed E-state index contributed by atoms with van der Waals surface area (Å²) in [7, 11) is 0. The molecular weight excluding hydrogens is 524 g/mol. The Balaban J connectivity index is 1.37. The van der Waals surface area contributed by atoms with Crippen LogP contribution in [0.5, 0.6) is 0 Å². The van der Waals surface area contributed by atoms with Gasteiger partial charge in [0.1, 0.15) is 6.04 Å². The fraction of sp³-hybridized carbons (Fsp3) is 0.533. The molecule has 3 amide bonds. The minimum atomic E-state index is -0.956. The van der Waals surface area contributed by atoms with Gasteiger partial charge in [0, 0.05) is 13.1 Å². The molecule has 41 heavy (non-hydrogen) atoms. The van der Waals surface area contributed by atoms with Crippen LogP contribution in [0.25, 0.3) is 10.8 Å². The Labute approximate surface area is 240 Å². The molecule has 4 N–H and O–H groups in total. The number of ether oxygens (including phenoxy) is 1. The molecular formula is C30H40N6O5. The number of carbonyl (C=O) groups is 3. The molecule has 3 aliphatic rings. The molecule has 0 aromatic heterocycles. The lowest BCUT2D eigenvalue weighted by Gasteiger charge is -2.51. The average molecular weight is 565 g/mol. The third-order valence-electron chi connectivity index (χ3n) is 8.34. The second-order valence-corrected chi connectivity index (χ2v) is 11.2. The number of nitrogens with zero attached hydrogens (tertiary/aromatic N) is 4. The van der Waals surface area contributed by atoms with Gasteiger partial charge in [-0.15, -0.1) is 0 Å². The van der Waals surface area contributed by atoms with Gasteiger partial charge in [-0.3, -0.25) is 19.4 Å². The molecule has 3 atom stereocenters. The van der Waals surface area contributed by atoms with E-state index in [0.29, 0.717) is 32.0 Å². The van der Waals surface area contributed by atoms with Crippen molar-refractivity contribution in [1.29, 1.82) is 0 Å². The third-order valence-corrected chi connectivity index (χ3v) is 8.34. The van der Waals surface area contributed by atoms with Gasteiger partial charge in [-0.2, -0.15) is 5.06 Å². The summed E-state index contributed by atoms with van der Waals surface area (Å²) in [5, 5.41) is 3.31. The van der Waals surface area contributed by atoms with Gasteiger partial charge in [0.2, 0.25) is 5.91 Å². The number of hydrogen-bond donors (Lipinski definition) is 2. The maximum atomic E-state index is 13.6. The molecule has 1 unspecified atom stereocenters. The normalized spacial score (nSPS) is 23.4. The summed E-state index contributed by atoms with van der Waals surface area (Å²) in [5.41, 5.74) is 11.8. The van der Waals surface area contributed by atoms with E-state index in [1.165, 1.54) is 16.4 Å². The van der Waals surface area contributed by atoms with Crippen LogP contribution in [0.4, 0.5) is 4.79 Å². The lowest BCUT2D eigenvalue weighted by molar-refractivity contribution is -0.267. The highest BCUT2D eigenvalue weighted by atomic mass is 16.7. The van der Waals surface area contributed by atoms with Gasteiger partial charge in [0.05, 0.1) is 13.2 Å². The van der Waals surface area contributed by atoms with Crippen molar-refractivity contribution in [3.05, 3.63) is 48.0 Å². The van der Waals surface area contributed by atoms with Crippen LogP contribution in [0.3, 0.4) is 0 Å². The minimum absolute atomic E-state index is 0.0320. The fourth-order valence-corrected chi connectivity index (χ4v) is 6.17. The van der Waals surface area contributed by atoms with E-state index in [0.717, 1.165) is 42.0 Å². The second-order valence-electron chi connectivity index (χ2n) is 11.2. The number of guanidine groups is 1. The van der Waals surface area contributed by atoms with Crippen molar-refractivity contribution in [3.63, 3.8) is 0 Å². The average Bonchev–Trinajstić information content (AvgIpc) is 2.98. The highest BCUT2D eigenvalue weighted by Gasteiger charge is 2.52. The number of rotatable bonds is 8. The molecule has 5 rings (SSSR count). The molecule has 11 heteroatoms. The monoisotopic (exact) mass is 564 g/mol. The summed E-state index contributed by atoms with van der Waals surface area (Å²) < 4.78 is 5.75. The number of carbonyl (C=O) groups excluding carboxylic acids is 3. The smallest absolute Gasteiger partial charge is 0.436 e. The van der Waals surface area contributed by atoms with E-state index in [1.54, 1.807) is 11.8 Å². The van der Waals surface area contributed by atoms with Crippen molar-refractivity contribution in [2.24, 2.45) is 22.4 Å². The molecule has 11 nitrogen and oxygen atoms in total. The van der Waals surface area contributed by atoms with Gasteiger partial charge in [0.15, 0.2) is 18.2 Å². The lowest BCUT2D eigenvalue weighted by Crippen LogP contribution is -2.72. The summed E-state index contributed by atoms with van der Waals surface area (Å²) in [6.45, 7) is 2.78. The zero-order valence-corrected chi connectivity index (χ0v) is 23.6. The zero-order valence-electron chi connectivity index (χ0n) is 23.6. The van der Waals surface area contributed by atoms with Crippen LogP contribution in [-0.4, -0.2) is 76.7 Å². The molecule has 2 saturated heterocycles. The van der Waals surface area contributed by atoms with Crippen molar-refractivity contribution in [3.8, 4) is 0 Å². The number of hydroxylamine groups is 2. The Morgan fingerprint density at radius 3 is 2.59 bits per heavy atom. The number of piperazine rings is 1. The van der Waals surface area contributed by atoms with Crippen LogP contribution in [0.15, 0.2) is 47.5 Å². The third kappa shape index (κ3) is 6.40. The maximum absolute atomic E-state index is 13.6. The zero-order chi connectivity index (χ0) is 28.9. The highest BCUT2D eigenvalue weighted by Crippen LogP contribution is 2.31. The van der Waals surface area contributed by atoms with E-state index in [4.69, 9.17) is 21.0 Å². The van der Waals surface area contributed by atoms with Crippen LogP contribution in [-0.2, 0) is 25.7 Å². The van der Waals surface area contributed by atoms with Crippen molar-refractivity contribution >= 4 is 34.6 Å². The molecule has 1 saturated carbocycles. The molecule has 0 radical (unpaired) electrons. The molecule has 2 aromatic carbocycles. The molecule has 2 aliphatic heterocycles. The standard InChI is InChI=1S/C30H40N6O5/c1-20-27(37)34(17-23-13-7-12-22-11-5-6-14-24(22)23)18-26-35(20)28(38)25(15-8-16-33-29(31)32)41-36(26)30(39)40-19-21-9-3-2-4-10-21/h5-7,11-14,20-21,25-26H,2-4,8-10,15-19H2,1H3,(H4,31,32,33)/t20-,25+,26?/m0/s1. The Morgan fingerprint density at radius 1 is 1.05 bits per heavy atom. The molecule has 2 aromatic rings. The number of aliphatic imine (C=N–C) groups is 1. The number of fused-ring (bicyclic) bond motifs is 2. The van der Waals surface area contributed by atoms with Crippen LogP contribution >= 0.6 is 0 Å². The van der Waals surface area contributed by atoms with Gasteiger partial charge in [-0.25, -0.2) is 4.79 Å². The van der Waals surface area contributed by atoms with Crippen molar-refractivity contribution < 1.29 is 24.0 Å². The van der Waals surface area contributed by atoms with Gasteiger partial charge in [-0.05, 0) is 54.9 Å². The number of nitrogens with two attached hydrogens (primary N) is 2. The predicted molar refractivity (Wildman–Crippen MR) is 154 cm³/mol. The van der Waals surface area contributed by atoms with E-state index in [9.17, 15) is 14.4 Å². The summed E-state index contributed by atoms with van der Waals surface area (Å²) in [6.07, 6.45) is 3.87. The number of hydrogen-bond acceptors (Lipinski definition) is 6. The van der Waals surface area contributed by atoms with E-state index in [2.05, 4.69) is 4.99 Å². The molecule has 1 aliphatic carbocycles. The largest absolute Gasteiger partial charge is 0.448 e. The molecule has 2 heterocycles. The van der Waals surface area contributed by atoms with Crippen molar-refractivity contribution in [2.45, 2.75) is 76.7 Å². The van der Waals surface area contributed by atoms with Crippen molar-refractivity contribution in [2.75, 3.05) is 19.7 Å². The summed E-state index contributed by atoms with van der Waals surface area (Å²) in [5.74, 6) is -0.225. The Bertz CT molecular complexity index is 1290. The summed E-state index contributed by atoms with van der Waals surface area (Å²) in [4.78, 5) is 53.9. The summed E-state index contributed by atoms with van der Waals surface area (Å²) in [6, 6.07) is 13.2. The number of benzene rings is 2. The maximum Gasteiger partial charge on any atom is 0.436 e. The Kier molecular flexibility index (Phi) is 8.92. The van der Waals surface area contributed by atoms with Gasteiger partial charge in [0.25, 0.3) is 5.91 Å². The Morgan fingerprint density at radius 2 is 1.80 bits per heavy atom. The van der Waals surface area contributed by atoms with Crippen LogP contribution in [0, 0.1) is 5.92 Å². The van der Waals surface area contributed by atoms with Gasteiger partial charge < -0.3 is 26.0 Å². The summed E-state index contributed by atoms with van der Waals surface area (Å²) >= 11 is 0. The van der Waals surface area contributed by atoms with Gasteiger partial charge in [-0.1, -0.05) is 61.7 Å². The van der Waals surface area contributed by atoms with E-state index < -0.39 is 24.4 Å². The van der Waals surface area contributed by atoms with E-state index in [-0.39, 0.29) is 30.7 Å². The van der Waals surface area contributed by atoms with E-state index >= 15 is 0 Å². The molecule has 220 valence electrons. The first-order valence-corrected chi connectivity index (χ1v) is 14.6. The van der Waals surface area contributed by atoms with E-state index in [1.807, 2.05) is 42.5 Å². The molecule has 0 bridgehead atoms. The second kappa shape index (κ2) is 12.8. The number of amides is 3. The molecule has 3 fully saturated rings. The first-order chi connectivity index (χ1) is 19.8. The lowest BCUT2D eigenvalue weighted by atomic mass is 9.90. The highest BCUT2D eigenvalue weighted by molar-refractivity contribution is 5.92. The SMILES string of the molecule is C[C@H]1C(=O)N(Cc2cccc3ccccc23)CC2N(C(=O)OCC3CCCCC3)O[C@H](CCCN=C(N)N)C(=O)N21. The van der Waals surface area contributed by atoms with Gasteiger partial charge >= 0.3 is 6.09 Å². The van der Waals surface area contributed by atoms with Crippen molar-refractivity contribution in [1.82, 2.24) is 14.9 Å². The minimum Gasteiger partial charge on any atom is -0.448 e. The van der Waals surface area contributed by atoms with Crippen LogP contribution in [0.1, 0.15) is 57.4 Å². The topological polar surface area (TPSA) is 144 Å². The predicted octanol–water partition coefficient (Wildman–Crippen LogP) is 3.11. The first-order valence-electron chi connectivity index (χ1n) is 14.6.